The van der Waals surface area contributed by atoms with Gasteiger partial charge < -0.3 is 9.64 Å². The van der Waals surface area contributed by atoms with Crippen molar-refractivity contribution in [1.82, 2.24) is 0 Å². The molecule has 0 radical (unpaired) electrons. The van der Waals surface area contributed by atoms with Gasteiger partial charge in [-0.05, 0) is 109 Å². The SMILES string of the molecule is c1ccc(-c2ccc(N(c3ccc4c(c3)Cc3ccccc3Oc3ccccc3Cc3cc5ccccc5cc3-4)c3ccccc3-c3ccccc3)cc2)cc1. The summed E-state index contributed by atoms with van der Waals surface area (Å²) >= 11 is 0. The minimum atomic E-state index is 0.703. The molecule has 2 nitrogen and oxygen atoms in total. The summed E-state index contributed by atoms with van der Waals surface area (Å²) in [6.45, 7) is 0. The average Bonchev–Trinajstić information content (AvgIpc) is 3.28. The molecule has 0 atom stereocenters. The highest BCUT2D eigenvalue weighted by Crippen LogP contribution is 2.45. The second kappa shape index (κ2) is 14.6. The maximum Gasteiger partial charge on any atom is 0.130 e. The van der Waals surface area contributed by atoms with E-state index in [0.717, 1.165) is 40.5 Å². The Kier molecular flexibility index (Phi) is 8.70. The molecule has 0 fully saturated rings. The van der Waals surface area contributed by atoms with Crippen molar-refractivity contribution in [3.05, 3.63) is 235 Å². The largest absolute Gasteiger partial charge is 0.457 e. The maximum atomic E-state index is 6.81. The minimum absolute atomic E-state index is 0.703. The molecule has 0 unspecified atom stereocenters. The van der Waals surface area contributed by atoms with Gasteiger partial charge in [0.2, 0.25) is 0 Å². The second-order valence-electron chi connectivity index (χ2n) is 14.5. The molecule has 1 aliphatic heterocycles. The first-order chi connectivity index (χ1) is 27.7. The van der Waals surface area contributed by atoms with Gasteiger partial charge in [-0.2, -0.15) is 0 Å². The lowest BCUT2D eigenvalue weighted by atomic mass is 9.87. The van der Waals surface area contributed by atoms with Crippen molar-refractivity contribution in [1.29, 1.82) is 0 Å². The minimum Gasteiger partial charge on any atom is -0.457 e. The summed E-state index contributed by atoms with van der Waals surface area (Å²) in [6.07, 6.45) is 1.46. The Hall–Kier alpha value is -7.16. The Bertz CT molecular complexity index is 2820. The third-order valence-corrected chi connectivity index (χ3v) is 11.0. The van der Waals surface area contributed by atoms with Gasteiger partial charge in [-0.15, -0.1) is 0 Å². The third kappa shape index (κ3) is 6.42. The molecule has 266 valence electrons. The lowest BCUT2D eigenvalue weighted by Gasteiger charge is -2.29. The van der Waals surface area contributed by atoms with Crippen LogP contribution in [0.1, 0.15) is 22.3 Å². The van der Waals surface area contributed by atoms with E-state index in [9.17, 15) is 0 Å². The fraction of sp³-hybridized carbons (Fsp3) is 0.0370. The van der Waals surface area contributed by atoms with Crippen LogP contribution in [0.2, 0.25) is 0 Å². The summed E-state index contributed by atoms with van der Waals surface area (Å²) in [5.41, 5.74) is 15.4. The summed E-state index contributed by atoms with van der Waals surface area (Å²) in [7, 11) is 0. The van der Waals surface area contributed by atoms with Crippen LogP contribution in [0.25, 0.3) is 44.2 Å². The number of anilines is 3. The second-order valence-corrected chi connectivity index (χ2v) is 14.5. The highest BCUT2D eigenvalue weighted by atomic mass is 16.5. The molecule has 0 N–H and O–H groups in total. The zero-order valence-electron chi connectivity index (χ0n) is 31.0. The quantitative estimate of drug-likeness (QED) is 0.176. The molecule has 0 bridgehead atoms. The Morgan fingerprint density at radius 3 is 1.54 bits per heavy atom. The van der Waals surface area contributed by atoms with Gasteiger partial charge >= 0.3 is 0 Å². The van der Waals surface area contributed by atoms with Gasteiger partial charge in [-0.25, -0.2) is 0 Å². The van der Waals surface area contributed by atoms with Crippen molar-refractivity contribution in [2.75, 3.05) is 4.90 Å². The van der Waals surface area contributed by atoms with Crippen LogP contribution in [0.4, 0.5) is 17.1 Å². The highest BCUT2D eigenvalue weighted by Gasteiger charge is 2.22. The Morgan fingerprint density at radius 1 is 0.321 bits per heavy atom. The van der Waals surface area contributed by atoms with Gasteiger partial charge in [0.1, 0.15) is 11.5 Å². The number of benzene rings is 9. The van der Waals surface area contributed by atoms with Crippen molar-refractivity contribution in [2.24, 2.45) is 0 Å². The highest BCUT2D eigenvalue weighted by molar-refractivity contribution is 5.92. The van der Waals surface area contributed by atoms with Gasteiger partial charge in [-0.1, -0.05) is 164 Å². The molecule has 0 saturated heterocycles. The van der Waals surface area contributed by atoms with Crippen LogP contribution in [-0.2, 0) is 12.8 Å². The van der Waals surface area contributed by atoms with E-state index >= 15 is 0 Å². The maximum absolute atomic E-state index is 6.81. The van der Waals surface area contributed by atoms with Crippen LogP contribution in [0.15, 0.2) is 212 Å². The standard InChI is InChI=1S/C54H39NO/c1-3-15-38(16-4-1)39-27-29-47(30-28-39)55(52-24-12-11-23-50(52)40-17-5-2-6-18-40)48-31-32-49-46(36-48)35-44-22-10-14-26-54(44)56-53-25-13-9-21-43(53)34-45-33-41-19-7-8-20-42(41)37-51(45)49/h1-33,36-37H,34-35H2. The van der Waals surface area contributed by atoms with Crippen molar-refractivity contribution < 1.29 is 4.74 Å². The van der Waals surface area contributed by atoms with Crippen LogP contribution in [0.5, 0.6) is 11.5 Å². The smallest absolute Gasteiger partial charge is 0.130 e. The number of nitrogens with zero attached hydrogens (tertiary/aromatic N) is 1. The van der Waals surface area contributed by atoms with Crippen molar-refractivity contribution >= 4 is 27.8 Å². The average molecular weight is 718 g/mol. The van der Waals surface area contributed by atoms with Crippen LogP contribution >= 0.6 is 0 Å². The van der Waals surface area contributed by atoms with E-state index in [4.69, 9.17) is 4.74 Å². The molecule has 9 aromatic carbocycles. The van der Waals surface area contributed by atoms with Crippen LogP contribution in [0, 0.1) is 0 Å². The lowest BCUT2D eigenvalue weighted by Crippen LogP contribution is -2.12. The van der Waals surface area contributed by atoms with E-state index in [1.807, 2.05) is 0 Å². The Labute approximate surface area is 328 Å². The van der Waals surface area contributed by atoms with E-state index < -0.39 is 0 Å². The first-order valence-corrected chi connectivity index (χ1v) is 19.3. The normalized spacial score (nSPS) is 11.9. The lowest BCUT2D eigenvalue weighted by molar-refractivity contribution is 0.472. The number of hydrogen-bond donors (Lipinski definition) is 0. The van der Waals surface area contributed by atoms with Gasteiger partial charge in [0.25, 0.3) is 0 Å². The Balaban J connectivity index is 1.20. The molecule has 2 heteroatoms. The van der Waals surface area contributed by atoms with Gasteiger partial charge in [0.15, 0.2) is 0 Å². The summed E-state index contributed by atoms with van der Waals surface area (Å²) in [4.78, 5) is 2.42. The predicted octanol–water partition coefficient (Wildman–Crippen LogP) is 14.6. The molecular weight excluding hydrogens is 679 g/mol. The van der Waals surface area contributed by atoms with Crippen molar-refractivity contribution in [2.45, 2.75) is 12.8 Å². The van der Waals surface area contributed by atoms with Gasteiger partial charge in [0.05, 0.1) is 5.69 Å². The molecule has 0 aromatic heterocycles. The predicted molar refractivity (Wildman–Crippen MR) is 234 cm³/mol. The molecule has 1 heterocycles. The first-order valence-electron chi connectivity index (χ1n) is 19.3. The summed E-state index contributed by atoms with van der Waals surface area (Å²) in [6, 6.07) is 76.5. The number of rotatable bonds is 5. The van der Waals surface area contributed by atoms with E-state index in [2.05, 4.69) is 217 Å². The molecule has 0 saturated carbocycles. The van der Waals surface area contributed by atoms with Gasteiger partial charge in [-0.3, -0.25) is 0 Å². The topological polar surface area (TPSA) is 12.5 Å². The zero-order valence-corrected chi connectivity index (χ0v) is 31.0. The molecule has 0 spiro atoms. The van der Waals surface area contributed by atoms with E-state index in [-0.39, 0.29) is 0 Å². The fourth-order valence-corrected chi connectivity index (χ4v) is 8.23. The summed E-state index contributed by atoms with van der Waals surface area (Å²) in [5, 5.41) is 2.47. The van der Waals surface area contributed by atoms with Crippen LogP contribution in [0.3, 0.4) is 0 Å². The number of para-hydroxylation sites is 3. The van der Waals surface area contributed by atoms with E-state index in [1.54, 1.807) is 0 Å². The molecular formula is C54H39NO. The van der Waals surface area contributed by atoms with Crippen molar-refractivity contribution in [3.8, 4) is 44.9 Å². The first kappa shape index (κ1) is 33.4. The van der Waals surface area contributed by atoms with E-state index in [0.29, 0.717) is 6.42 Å². The zero-order chi connectivity index (χ0) is 37.3. The molecule has 0 amide bonds. The number of ether oxygens (including phenoxy) is 1. The van der Waals surface area contributed by atoms with Crippen molar-refractivity contribution in [3.63, 3.8) is 0 Å². The molecule has 0 aliphatic carbocycles. The molecule has 1 aliphatic rings. The van der Waals surface area contributed by atoms with Gasteiger partial charge in [0, 0.05) is 29.8 Å². The third-order valence-electron chi connectivity index (χ3n) is 11.0. The monoisotopic (exact) mass is 717 g/mol. The number of hydrogen-bond acceptors (Lipinski definition) is 2. The molecule has 10 rings (SSSR count). The Morgan fingerprint density at radius 2 is 0.839 bits per heavy atom. The van der Waals surface area contributed by atoms with E-state index in [1.165, 1.54) is 60.8 Å². The summed E-state index contributed by atoms with van der Waals surface area (Å²) in [5.74, 6) is 1.78. The molecule has 56 heavy (non-hydrogen) atoms. The van der Waals surface area contributed by atoms with Crippen LogP contribution in [-0.4, -0.2) is 0 Å². The number of fused-ring (bicyclic) bond motifs is 6. The van der Waals surface area contributed by atoms with Crippen LogP contribution < -0.4 is 9.64 Å². The fourth-order valence-electron chi connectivity index (χ4n) is 8.23. The summed E-state index contributed by atoms with van der Waals surface area (Å²) < 4.78 is 6.81. The molecule has 9 aromatic rings.